The van der Waals surface area contributed by atoms with Gasteiger partial charge in [0, 0.05) is 11.6 Å². The van der Waals surface area contributed by atoms with Crippen LogP contribution in [0.25, 0.3) is 10.9 Å². The Bertz CT molecular complexity index is 615. The standard InChI is InChI=1S/C15H19N3O3/c1-10(2)7-13(15(20)21)16-14(19)9-18-8-11-5-3-4-6-12(11)17-18/h3-6,8,10,13H,7,9H2,1-2H3,(H,16,19)(H,20,21)/t13-/m1/s1. The van der Waals surface area contributed by atoms with Crippen molar-refractivity contribution in [3.8, 4) is 0 Å². The molecule has 0 fully saturated rings. The molecule has 112 valence electrons. The van der Waals surface area contributed by atoms with Gasteiger partial charge in [0.05, 0.1) is 5.52 Å². The van der Waals surface area contributed by atoms with Gasteiger partial charge < -0.3 is 10.4 Å². The van der Waals surface area contributed by atoms with Gasteiger partial charge in [-0.25, -0.2) is 4.79 Å². The summed E-state index contributed by atoms with van der Waals surface area (Å²) in [6.45, 7) is 3.85. The van der Waals surface area contributed by atoms with Crippen molar-refractivity contribution in [1.29, 1.82) is 0 Å². The van der Waals surface area contributed by atoms with Crippen LogP contribution in [0.4, 0.5) is 0 Å². The second-order valence-corrected chi connectivity index (χ2v) is 5.47. The highest BCUT2D eigenvalue weighted by Crippen LogP contribution is 2.11. The van der Waals surface area contributed by atoms with Gasteiger partial charge >= 0.3 is 5.97 Å². The molecule has 0 aliphatic rings. The largest absolute Gasteiger partial charge is 0.480 e. The molecule has 0 spiro atoms. The first-order chi connectivity index (χ1) is 9.95. The molecule has 1 aromatic heterocycles. The number of hydrogen-bond acceptors (Lipinski definition) is 3. The molecule has 6 heteroatoms. The number of nitrogens with zero attached hydrogens (tertiary/aromatic N) is 2. The zero-order valence-electron chi connectivity index (χ0n) is 12.1. The average molecular weight is 289 g/mol. The van der Waals surface area contributed by atoms with Crippen molar-refractivity contribution in [2.45, 2.75) is 32.9 Å². The highest BCUT2D eigenvalue weighted by Gasteiger charge is 2.21. The van der Waals surface area contributed by atoms with Crippen LogP contribution in [-0.4, -0.2) is 32.8 Å². The van der Waals surface area contributed by atoms with Gasteiger partial charge in [0.15, 0.2) is 0 Å². The molecule has 1 atom stereocenters. The molecule has 0 saturated heterocycles. The van der Waals surface area contributed by atoms with Crippen LogP contribution in [0.15, 0.2) is 30.5 Å². The number of nitrogens with one attached hydrogen (secondary N) is 1. The van der Waals surface area contributed by atoms with Gasteiger partial charge in [-0.3, -0.25) is 9.48 Å². The fraction of sp³-hybridized carbons (Fsp3) is 0.400. The third-order valence-electron chi connectivity index (χ3n) is 3.11. The molecule has 1 heterocycles. The van der Waals surface area contributed by atoms with E-state index in [-0.39, 0.29) is 18.4 Å². The number of aromatic nitrogens is 2. The third-order valence-corrected chi connectivity index (χ3v) is 3.11. The summed E-state index contributed by atoms with van der Waals surface area (Å²) < 4.78 is 1.52. The fourth-order valence-corrected chi connectivity index (χ4v) is 2.18. The van der Waals surface area contributed by atoms with E-state index in [1.165, 1.54) is 4.68 Å². The molecular weight excluding hydrogens is 270 g/mol. The maximum atomic E-state index is 12.0. The molecule has 0 aliphatic carbocycles. The van der Waals surface area contributed by atoms with Crippen LogP contribution in [0.1, 0.15) is 20.3 Å². The van der Waals surface area contributed by atoms with Gasteiger partial charge in [0.1, 0.15) is 12.6 Å². The summed E-state index contributed by atoms with van der Waals surface area (Å²) in [7, 11) is 0. The number of aliphatic carboxylic acids is 1. The lowest BCUT2D eigenvalue weighted by molar-refractivity contribution is -0.142. The first-order valence-electron chi connectivity index (χ1n) is 6.90. The monoisotopic (exact) mass is 289 g/mol. The highest BCUT2D eigenvalue weighted by molar-refractivity contribution is 5.84. The zero-order valence-corrected chi connectivity index (χ0v) is 12.1. The zero-order chi connectivity index (χ0) is 15.4. The Morgan fingerprint density at radius 1 is 1.33 bits per heavy atom. The van der Waals surface area contributed by atoms with E-state index >= 15 is 0 Å². The number of rotatable bonds is 6. The summed E-state index contributed by atoms with van der Waals surface area (Å²) in [5, 5.41) is 16.9. The van der Waals surface area contributed by atoms with E-state index in [1.807, 2.05) is 38.1 Å². The van der Waals surface area contributed by atoms with Crippen molar-refractivity contribution in [1.82, 2.24) is 15.1 Å². The normalized spacial score (nSPS) is 12.5. The van der Waals surface area contributed by atoms with Crippen LogP contribution < -0.4 is 5.32 Å². The van der Waals surface area contributed by atoms with E-state index in [2.05, 4.69) is 10.4 Å². The van der Waals surface area contributed by atoms with E-state index < -0.39 is 12.0 Å². The van der Waals surface area contributed by atoms with Gasteiger partial charge in [-0.1, -0.05) is 32.0 Å². The molecule has 2 N–H and O–H groups in total. The lowest BCUT2D eigenvalue weighted by atomic mass is 10.0. The number of benzene rings is 1. The smallest absolute Gasteiger partial charge is 0.326 e. The maximum Gasteiger partial charge on any atom is 0.326 e. The van der Waals surface area contributed by atoms with E-state index in [1.54, 1.807) is 6.20 Å². The van der Waals surface area contributed by atoms with Crippen LogP contribution in [0.5, 0.6) is 0 Å². The second kappa shape index (κ2) is 6.39. The Balaban J connectivity index is 2.01. The summed E-state index contributed by atoms with van der Waals surface area (Å²) in [6.07, 6.45) is 2.18. The summed E-state index contributed by atoms with van der Waals surface area (Å²) >= 11 is 0. The molecule has 21 heavy (non-hydrogen) atoms. The summed E-state index contributed by atoms with van der Waals surface area (Å²) in [6, 6.07) is 6.70. The quantitative estimate of drug-likeness (QED) is 0.847. The Labute approximate surface area is 122 Å². The van der Waals surface area contributed by atoms with Crippen LogP contribution in [0, 0.1) is 5.92 Å². The van der Waals surface area contributed by atoms with Gasteiger partial charge in [-0.15, -0.1) is 0 Å². The minimum atomic E-state index is -1.01. The minimum absolute atomic E-state index is 0.0105. The Kier molecular flexibility index (Phi) is 4.57. The maximum absolute atomic E-state index is 12.0. The molecule has 1 aromatic carbocycles. The first kappa shape index (κ1) is 15.0. The Morgan fingerprint density at radius 3 is 2.67 bits per heavy atom. The van der Waals surface area contributed by atoms with Gasteiger partial charge in [-0.05, 0) is 18.4 Å². The first-order valence-corrected chi connectivity index (χ1v) is 6.90. The molecule has 0 unspecified atom stereocenters. The summed E-state index contributed by atoms with van der Waals surface area (Å²) in [5.74, 6) is -1.17. The van der Waals surface area contributed by atoms with Crippen LogP contribution in [0.2, 0.25) is 0 Å². The topological polar surface area (TPSA) is 84.2 Å². The number of carboxylic acids is 1. The number of carboxylic acid groups (broad SMARTS) is 1. The number of carbonyl (C=O) groups excluding carboxylic acids is 1. The third kappa shape index (κ3) is 4.05. The summed E-state index contributed by atoms with van der Waals surface area (Å²) in [5.41, 5.74) is 0.808. The molecule has 0 radical (unpaired) electrons. The molecule has 1 amide bonds. The SMILES string of the molecule is CC(C)C[C@@H](NC(=O)Cn1cc2ccccc2n1)C(=O)O. The molecular formula is C15H19N3O3. The Morgan fingerprint density at radius 2 is 2.05 bits per heavy atom. The van der Waals surface area contributed by atoms with Crippen molar-refractivity contribution >= 4 is 22.8 Å². The summed E-state index contributed by atoms with van der Waals surface area (Å²) in [4.78, 5) is 23.1. The van der Waals surface area contributed by atoms with E-state index in [9.17, 15) is 9.59 Å². The van der Waals surface area contributed by atoms with Crippen LogP contribution in [-0.2, 0) is 16.1 Å². The molecule has 0 aliphatic heterocycles. The molecule has 0 bridgehead atoms. The van der Waals surface area contributed by atoms with Gasteiger partial charge in [0.25, 0.3) is 0 Å². The number of fused-ring (bicyclic) bond motifs is 1. The fourth-order valence-electron chi connectivity index (χ4n) is 2.18. The van der Waals surface area contributed by atoms with E-state index in [0.717, 1.165) is 10.9 Å². The van der Waals surface area contributed by atoms with Crippen molar-refractivity contribution in [3.63, 3.8) is 0 Å². The highest BCUT2D eigenvalue weighted by atomic mass is 16.4. The lowest BCUT2D eigenvalue weighted by Crippen LogP contribution is -2.43. The van der Waals surface area contributed by atoms with Gasteiger partial charge in [0.2, 0.25) is 5.91 Å². The Hall–Kier alpha value is -2.37. The van der Waals surface area contributed by atoms with Crippen molar-refractivity contribution in [2.24, 2.45) is 5.92 Å². The molecule has 0 saturated carbocycles. The number of hydrogen-bond donors (Lipinski definition) is 2. The minimum Gasteiger partial charge on any atom is -0.480 e. The van der Waals surface area contributed by atoms with E-state index in [4.69, 9.17) is 5.11 Å². The lowest BCUT2D eigenvalue weighted by Gasteiger charge is -2.16. The van der Waals surface area contributed by atoms with Gasteiger partial charge in [-0.2, -0.15) is 5.10 Å². The number of carbonyl (C=O) groups is 2. The predicted molar refractivity (Wildman–Crippen MR) is 78.8 cm³/mol. The van der Waals surface area contributed by atoms with Crippen molar-refractivity contribution in [3.05, 3.63) is 30.5 Å². The van der Waals surface area contributed by atoms with Crippen molar-refractivity contribution < 1.29 is 14.7 Å². The van der Waals surface area contributed by atoms with E-state index in [0.29, 0.717) is 6.42 Å². The molecule has 6 nitrogen and oxygen atoms in total. The molecule has 2 aromatic rings. The number of amides is 1. The second-order valence-electron chi connectivity index (χ2n) is 5.47. The van der Waals surface area contributed by atoms with Crippen LogP contribution >= 0.6 is 0 Å². The predicted octanol–water partition coefficient (Wildman–Crippen LogP) is 1.65. The van der Waals surface area contributed by atoms with Crippen molar-refractivity contribution in [2.75, 3.05) is 0 Å². The molecule has 2 rings (SSSR count). The average Bonchev–Trinajstić information content (AvgIpc) is 2.79. The van der Waals surface area contributed by atoms with Crippen LogP contribution in [0.3, 0.4) is 0 Å².